The molecule has 1 aliphatic heterocycles. The maximum absolute atomic E-state index is 4.53. The second-order valence-corrected chi connectivity index (χ2v) is 5.24. The zero-order valence-corrected chi connectivity index (χ0v) is 10.9. The van der Waals surface area contributed by atoms with Crippen LogP contribution in [0.15, 0.2) is 4.99 Å². The lowest BCUT2D eigenvalue weighted by molar-refractivity contribution is 0.496. The lowest BCUT2D eigenvalue weighted by atomic mass is 10.1. The highest BCUT2D eigenvalue weighted by Gasteiger charge is 2.11. The highest BCUT2D eigenvalue weighted by Crippen LogP contribution is 2.14. The molecule has 0 aromatic rings. The van der Waals surface area contributed by atoms with Crippen molar-refractivity contribution in [2.24, 2.45) is 4.99 Å². The zero-order chi connectivity index (χ0) is 10.9. The van der Waals surface area contributed by atoms with Crippen LogP contribution in [0.5, 0.6) is 0 Å². The van der Waals surface area contributed by atoms with Gasteiger partial charge >= 0.3 is 0 Å². The largest absolute Gasteiger partial charge is 0.362 e. The first-order valence-corrected chi connectivity index (χ1v) is 7.29. The van der Waals surface area contributed by atoms with Crippen LogP contribution in [0.3, 0.4) is 0 Å². The van der Waals surface area contributed by atoms with Crippen LogP contribution in [0.2, 0.25) is 0 Å². The van der Waals surface area contributed by atoms with E-state index in [1.807, 2.05) is 11.8 Å². The average Bonchev–Trinajstić information content (AvgIpc) is 2.28. The first-order chi connectivity index (χ1) is 7.36. The van der Waals surface area contributed by atoms with Crippen molar-refractivity contribution in [1.29, 1.82) is 0 Å². The van der Waals surface area contributed by atoms with Crippen molar-refractivity contribution in [3.05, 3.63) is 0 Å². The Labute approximate surface area is 98.3 Å². The van der Waals surface area contributed by atoms with Gasteiger partial charge in [0.15, 0.2) is 5.17 Å². The maximum Gasteiger partial charge on any atom is 0.156 e. The molecule has 0 aromatic carbocycles. The fourth-order valence-corrected chi connectivity index (χ4v) is 2.71. The van der Waals surface area contributed by atoms with Gasteiger partial charge in [-0.1, -0.05) is 44.9 Å². The van der Waals surface area contributed by atoms with Crippen molar-refractivity contribution in [1.82, 2.24) is 5.32 Å². The van der Waals surface area contributed by atoms with Gasteiger partial charge in [0, 0.05) is 18.3 Å². The molecular weight excluding hydrogens is 204 g/mol. The van der Waals surface area contributed by atoms with E-state index in [1.54, 1.807) is 0 Å². The molecule has 88 valence electrons. The summed E-state index contributed by atoms with van der Waals surface area (Å²) in [5.41, 5.74) is 0. The van der Waals surface area contributed by atoms with E-state index in [4.69, 9.17) is 0 Å². The summed E-state index contributed by atoms with van der Waals surface area (Å²) in [4.78, 5) is 4.53. The maximum atomic E-state index is 4.53. The van der Waals surface area contributed by atoms with Gasteiger partial charge in [-0.3, -0.25) is 4.99 Å². The number of nitrogens with one attached hydrogen (secondary N) is 1. The molecule has 0 saturated carbocycles. The summed E-state index contributed by atoms with van der Waals surface area (Å²) in [5.74, 6) is 1.23. The van der Waals surface area contributed by atoms with Crippen LogP contribution >= 0.6 is 11.8 Å². The number of rotatable bonds is 6. The van der Waals surface area contributed by atoms with Gasteiger partial charge in [0.1, 0.15) is 0 Å². The van der Waals surface area contributed by atoms with E-state index < -0.39 is 0 Å². The first kappa shape index (κ1) is 12.9. The zero-order valence-electron chi connectivity index (χ0n) is 10.1. The molecule has 0 amide bonds. The molecule has 0 bridgehead atoms. The van der Waals surface area contributed by atoms with Crippen molar-refractivity contribution >= 4 is 16.9 Å². The number of aliphatic imine (C=N–C) groups is 1. The number of hydrogen-bond acceptors (Lipinski definition) is 3. The van der Waals surface area contributed by atoms with Crippen LogP contribution in [0.4, 0.5) is 0 Å². The summed E-state index contributed by atoms with van der Waals surface area (Å²) in [6.45, 7) is 5.54. The topological polar surface area (TPSA) is 24.4 Å². The Kier molecular flexibility index (Phi) is 6.90. The van der Waals surface area contributed by atoms with Crippen molar-refractivity contribution in [3.8, 4) is 0 Å². The van der Waals surface area contributed by atoms with Crippen molar-refractivity contribution in [3.63, 3.8) is 0 Å². The van der Waals surface area contributed by atoms with Gasteiger partial charge in [0.05, 0.1) is 0 Å². The third-order valence-electron chi connectivity index (χ3n) is 2.67. The summed E-state index contributed by atoms with van der Waals surface area (Å²) >= 11 is 1.89. The predicted octanol–water partition coefficient (Wildman–Crippen LogP) is 3.43. The molecule has 15 heavy (non-hydrogen) atoms. The standard InChI is InChI=1S/C12H24N2S/c1-3-5-8-11(7-4-2)14-12-13-9-6-10-15-12/h11H,3-10H2,1-2H3,(H,13,14). The summed E-state index contributed by atoms with van der Waals surface area (Å²) in [6, 6.07) is 0.652. The minimum absolute atomic E-state index is 0.652. The Morgan fingerprint density at radius 3 is 2.80 bits per heavy atom. The lowest BCUT2D eigenvalue weighted by Crippen LogP contribution is -2.34. The number of unbranched alkanes of at least 4 members (excludes halogenated alkanes) is 1. The van der Waals surface area contributed by atoms with Crippen molar-refractivity contribution in [2.75, 3.05) is 12.3 Å². The van der Waals surface area contributed by atoms with E-state index in [0.29, 0.717) is 6.04 Å². The SMILES string of the molecule is CCCCC(CCC)NC1=NCCCS1. The summed E-state index contributed by atoms with van der Waals surface area (Å²) < 4.78 is 0. The Hall–Kier alpha value is -0.180. The molecule has 0 fully saturated rings. The van der Waals surface area contributed by atoms with Crippen LogP contribution in [-0.2, 0) is 0 Å². The van der Waals surface area contributed by atoms with Gasteiger partial charge < -0.3 is 5.32 Å². The van der Waals surface area contributed by atoms with Gasteiger partial charge in [-0.15, -0.1) is 0 Å². The molecule has 2 nitrogen and oxygen atoms in total. The Balaban J connectivity index is 2.31. The molecule has 0 aromatic heterocycles. The highest BCUT2D eigenvalue weighted by molar-refractivity contribution is 8.13. The predicted molar refractivity (Wildman–Crippen MR) is 70.7 cm³/mol. The third-order valence-corrected chi connectivity index (χ3v) is 3.68. The minimum Gasteiger partial charge on any atom is -0.362 e. The Morgan fingerprint density at radius 1 is 1.33 bits per heavy atom. The fourth-order valence-electron chi connectivity index (χ4n) is 1.81. The number of amidine groups is 1. The van der Waals surface area contributed by atoms with Crippen LogP contribution in [0.25, 0.3) is 0 Å². The van der Waals surface area contributed by atoms with E-state index in [-0.39, 0.29) is 0 Å². The Morgan fingerprint density at radius 2 is 2.20 bits per heavy atom. The molecule has 0 saturated heterocycles. The quantitative estimate of drug-likeness (QED) is 0.753. The van der Waals surface area contributed by atoms with E-state index in [2.05, 4.69) is 24.2 Å². The fraction of sp³-hybridized carbons (Fsp3) is 0.917. The summed E-state index contributed by atoms with van der Waals surface area (Å²) in [6.07, 6.45) is 7.70. The highest BCUT2D eigenvalue weighted by atomic mass is 32.2. The molecule has 0 radical (unpaired) electrons. The molecule has 0 spiro atoms. The molecule has 0 aliphatic carbocycles. The second kappa shape index (κ2) is 8.03. The molecule has 1 heterocycles. The van der Waals surface area contributed by atoms with Gasteiger partial charge in [0.25, 0.3) is 0 Å². The van der Waals surface area contributed by atoms with E-state index >= 15 is 0 Å². The van der Waals surface area contributed by atoms with Crippen LogP contribution in [-0.4, -0.2) is 23.5 Å². The van der Waals surface area contributed by atoms with Crippen LogP contribution in [0.1, 0.15) is 52.4 Å². The molecule has 1 N–H and O–H groups in total. The monoisotopic (exact) mass is 228 g/mol. The minimum atomic E-state index is 0.652. The number of thioether (sulfide) groups is 1. The molecule has 1 atom stereocenters. The van der Waals surface area contributed by atoms with Gasteiger partial charge in [-0.05, 0) is 19.3 Å². The average molecular weight is 228 g/mol. The Bertz CT molecular complexity index is 192. The van der Waals surface area contributed by atoms with Crippen molar-refractivity contribution < 1.29 is 0 Å². The van der Waals surface area contributed by atoms with Crippen molar-refractivity contribution in [2.45, 2.75) is 58.4 Å². The lowest BCUT2D eigenvalue weighted by Gasteiger charge is -2.21. The van der Waals surface area contributed by atoms with E-state index in [9.17, 15) is 0 Å². The number of hydrogen-bond donors (Lipinski definition) is 1. The van der Waals surface area contributed by atoms with Gasteiger partial charge in [0.2, 0.25) is 0 Å². The van der Waals surface area contributed by atoms with Gasteiger partial charge in [-0.2, -0.15) is 0 Å². The molecule has 1 unspecified atom stereocenters. The number of nitrogens with zero attached hydrogens (tertiary/aromatic N) is 1. The van der Waals surface area contributed by atoms with Crippen LogP contribution < -0.4 is 5.32 Å². The van der Waals surface area contributed by atoms with Gasteiger partial charge in [-0.25, -0.2) is 0 Å². The molecule has 3 heteroatoms. The molecular formula is C12H24N2S. The molecule has 1 rings (SSSR count). The van der Waals surface area contributed by atoms with Crippen LogP contribution in [0, 0.1) is 0 Å². The van der Waals surface area contributed by atoms with E-state index in [0.717, 1.165) is 6.54 Å². The summed E-state index contributed by atoms with van der Waals surface area (Å²) in [5, 5.41) is 4.80. The molecule has 1 aliphatic rings. The normalized spacial score (nSPS) is 18.4. The third kappa shape index (κ3) is 5.45. The smallest absolute Gasteiger partial charge is 0.156 e. The van der Waals surface area contributed by atoms with E-state index in [1.165, 1.54) is 49.4 Å². The first-order valence-electron chi connectivity index (χ1n) is 6.30. The summed E-state index contributed by atoms with van der Waals surface area (Å²) in [7, 11) is 0. The second-order valence-electron chi connectivity index (χ2n) is 4.16.